The minimum absolute atomic E-state index is 0.169. The van der Waals surface area contributed by atoms with Gasteiger partial charge in [-0.05, 0) is 29.8 Å². The third kappa shape index (κ3) is 1.55. The highest BCUT2D eigenvalue weighted by atomic mass is 16.3. The minimum Gasteiger partial charge on any atom is -0.508 e. The highest BCUT2D eigenvalue weighted by Crippen LogP contribution is 2.29. The van der Waals surface area contributed by atoms with E-state index in [1.165, 1.54) is 0 Å². The topological polar surface area (TPSA) is 40.5 Å². The van der Waals surface area contributed by atoms with Crippen LogP contribution < -0.4 is 0 Å². The van der Waals surface area contributed by atoms with E-state index in [0.29, 0.717) is 11.1 Å². The van der Waals surface area contributed by atoms with E-state index in [1.807, 2.05) is 6.07 Å². The van der Waals surface area contributed by atoms with Crippen LogP contribution in [0.5, 0.6) is 11.5 Å². The van der Waals surface area contributed by atoms with E-state index in [-0.39, 0.29) is 11.5 Å². The lowest BCUT2D eigenvalue weighted by atomic mass is 10.0. The van der Waals surface area contributed by atoms with E-state index < -0.39 is 0 Å². The van der Waals surface area contributed by atoms with Crippen molar-refractivity contribution in [1.82, 2.24) is 0 Å². The molecule has 2 heteroatoms. The van der Waals surface area contributed by atoms with E-state index in [9.17, 15) is 10.2 Å². The first-order chi connectivity index (χ1) is 6.77. The van der Waals surface area contributed by atoms with Gasteiger partial charge in [0.05, 0.1) is 0 Å². The third-order valence-electron chi connectivity index (χ3n) is 1.98. The number of phenolic OH excluding ortho intramolecular Hbond substituents is 2. The zero-order valence-corrected chi connectivity index (χ0v) is 7.44. The molecule has 0 amide bonds. The Kier molecular flexibility index (Phi) is 2.11. The van der Waals surface area contributed by atoms with Gasteiger partial charge in [0.1, 0.15) is 11.5 Å². The predicted octanol–water partition coefficient (Wildman–Crippen LogP) is 2.56. The van der Waals surface area contributed by atoms with Gasteiger partial charge in [0, 0.05) is 5.56 Å². The standard InChI is InChI=1S/C12H9O2/c13-10-5-3-4-9(8-10)11-6-1-2-7-12(11)14/h1-3,5-8,13-14H. The van der Waals surface area contributed by atoms with Gasteiger partial charge >= 0.3 is 0 Å². The van der Waals surface area contributed by atoms with Crippen LogP contribution in [0.15, 0.2) is 42.5 Å². The molecule has 0 saturated heterocycles. The van der Waals surface area contributed by atoms with Crippen LogP contribution in [0.2, 0.25) is 0 Å². The number of hydrogen-bond acceptors (Lipinski definition) is 2. The normalized spacial score (nSPS) is 10.0. The van der Waals surface area contributed by atoms with Gasteiger partial charge in [-0.15, -0.1) is 0 Å². The summed E-state index contributed by atoms with van der Waals surface area (Å²) in [6.45, 7) is 0. The molecule has 0 aliphatic carbocycles. The quantitative estimate of drug-likeness (QED) is 0.716. The first-order valence-electron chi connectivity index (χ1n) is 4.26. The second-order valence-electron chi connectivity index (χ2n) is 2.98. The van der Waals surface area contributed by atoms with Gasteiger partial charge < -0.3 is 10.2 Å². The zero-order chi connectivity index (χ0) is 9.97. The summed E-state index contributed by atoms with van der Waals surface area (Å²) in [5.41, 5.74) is 1.35. The van der Waals surface area contributed by atoms with Crippen LogP contribution in [0.1, 0.15) is 0 Å². The fourth-order valence-corrected chi connectivity index (χ4v) is 1.31. The first kappa shape index (κ1) is 8.63. The van der Waals surface area contributed by atoms with Crippen molar-refractivity contribution in [3.63, 3.8) is 0 Å². The van der Waals surface area contributed by atoms with Crippen molar-refractivity contribution < 1.29 is 10.2 Å². The average molecular weight is 185 g/mol. The number of para-hydroxylation sites is 1. The van der Waals surface area contributed by atoms with Crippen molar-refractivity contribution >= 4 is 0 Å². The molecule has 0 unspecified atom stereocenters. The number of hydrogen-bond donors (Lipinski definition) is 2. The smallest absolute Gasteiger partial charge is 0.123 e. The lowest BCUT2D eigenvalue weighted by Gasteiger charge is -2.03. The number of benzene rings is 2. The molecule has 0 bridgehead atoms. The maximum Gasteiger partial charge on any atom is 0.123 e. The molecule has 2 nitrogen and oxygen atoms in total. The summed E-state index contributed by atoms with van der Waals surface area (Å²) in [6, 6.07) is 14.6. The summed E-state index contributed by atoms with van der Waals surface area (Å²) < 4.78 is 0. The summed E-state index contributed by atoms with van der Waals surface area (Å²) in [4.78, 5) is 0. The lowest BCUT2D eigenvalue weighted by molar-refractivity contribution is 0.474. The van der Waals surface area contributed by atoms with E-state index in [1.54, 1.807) is 36.4 Å². The molecular formula is C12H9O2. The molecule has 0 aromatic heterocycles. The Morgan fingerprint density at radius 2 is 1.79 bits per heavy atom. The molecule has 14 heavy (non-hydrogen) atoms. The number of phenols is 2. The van der Waals surface area contributed by atoms with E-state index in [0.717, 1.165) is 0 Å². The van der Waals surface area contributed by atoms with Crippen molar-refractivity contribution in [2.24, 2.45) is 0 Å². The zero-order valence-electron chi connectivity index (χ0n) is 7.44. The van der Waals surface area contributed by atoms with E-state index in [4.69, 9.17) is 0 Å². The second-order valence-corrected chi connectivity index (χ2v) is 2.98. The molecular weight excluding hydrogens is 176 g/mol. The SMILES string of the molecule is Oc1cc[c]c(-c2ccccc2O)c1. The fourth-order valence-electron chi connectivity index (χ4n) is 1.31. The van der Waals surface area contributed by atoms with Crippen molar-refractivity contribution in [3.05, 3.63) is 48.5 Å². The molecule has 2 aromatic carbocycles. The Labute approximate surface area is 82.1 Å². The highest BCUT2D eigenvalue weighted by molar-refractivity contribution is 5.70. The highest BCUT2D eigenvalue weighted by Gasteiger charge is 2.03. The monoisotopic (exact) mass is 185 g/mol. The Bertz CT molecular complexity index is 450. The molecule has 69 valence electrons. The minimum atomic E-state index is 0.169. The third-order valence-corrected chi connectivity index (χ3v) is 1.98. The first-order valence-corrected chi connectivity index (χ1v) is 4.26. The van der Waals surface area contributed by atoms with Gasteiger partial charge in [0.2, 0.25) is 0 Å². The Hall–Kier alpha value is -1.96. The fraction of sp³-hybridized carbons (Fsp3) is 0. The number of aromatic hydroxyl groups is 2. The average Bonchev–Trinajstić information content (AvgIpc) is 2.18. The van der Waals surface area contributed by atoms with Gasteiger partial charge in [0.15, 0.2) is 0 Å². The van der Waals surface area contributed by atoms with Gasteiger partial charge in [-0.25, -0.2) is 0 Å². The van der Waals surface area contributed by atoms with Gasteiger partial charge in [-0.2, -0.15) is 0 Å². The molecule has 0 atom stereocenters. The van der Waals surface area contributed by atoms with Crippen molar-refractivity contribution in [2.45, 2.75) is 0 Å². The predicted molar refractivity (Wildman–Crippen MR) is 54.0 cm³/mol. The van der Waals surface area contributed by atoms with Crippen LogP contribution in [0.4, 0.5) is 0 Å². The Morgan fingerprint density at radius 1 is 1.00 bits per heavy atom. The van der Waals surface area contributed by atoms with E-state index >= 15 is 0 Å². The molecule has 2 rings (SSSR count). The van der Waals surface area contributed by atoms with Crippen molar-refractivity contribution in [1.29, 1.82) is 0 Å². The molecule has 0 spiro atoms. The van der Waals surface area contributed by atoms with E-state index in [2.05, 4.69) is 6.07 Å². The molecule has 1 radical (unpaired) electrons. The molecule has 0 saturated carbocycles. The van der Waals surface area contributed by atoms with Crippen molar-refractivity contribution in [2.75, 3.05) is 0 Å². The molecule has 0 fully saturated rings. The lowest BCUT2D eigenvalue weighted by Crippen LogP contribution is -1.78. The van der Waals surface area contributed by atoms with Gasteiger partial charge in [-0.3, -0.25) is 0 Å². The van der Waals surface area contributed by atoms with Crippen LogP contribution in [0.25, 0.3) is 11.1 Å². The summed E-state index contributed by atoms with van der Waals surface area (Å²) in [6.07, 6.45) is 0. The summed E-state index contributed by atoms with van der Waals surface area (Å²) in [5, 5.41) is 18.8. The number of rotatable bonds is 1. The largest absolute Gasteiger partial charge is 0.508 e. The van der Waals surface area contributed by atoms with Crippen LogP contribution in [-0.4, -0.2) is 10.2 Å². The maximum atomic E-state index is 9.55. The molecule has 0 aliphatic rings. The Morgan fingerprint density at radius 3 is 2.50 bits per heavy atom. The molecule has 2 aromatic rings. The van der Waals surface area contributed by atoms with Gasteiger partial charge in [-0.1, -0.05) is 24.3 Å². The summed E-state index contributed by atoms with van der Waals surface area (Å²) >= 11 is 0. The van der Waals surface area contributed by atoms with Crippen LogP contribution >= 0.6 is 0 Å². The molecule has 2 N–H and O–H groups in total. The summed E-state index contributed by atoms with van der Waals surface area (Å²) in [7, 11) is 0. The Balaban J connectivity index is 2.55. The second kappa shape index (κ2) is 3.42. The summed E-state index contributed by atoms with van der Waals surface area (Å²) in [5.74, 6) is 0.358. The van der Waals surface area contributed by atoms with Gasteiger partial charge in [0.25, 0.3) is 0 Å². The van der Waals surface area contributed by atoms with Crippen molar-refractivity contribution in [3.8, 4) is 22.6 Å². The van der Waals surface area contributed by atoms with Crippen LogP contribution in [0, 0.1) is 6.07 Å². The van der Waals surface area contributed by atoms with Crippen LogP contribution in [-0.2, 0) is 0 Å². The molecule has 0 heterocycles. The van der Waals surface area contributed by atoms with Crippen LogP contribution in [0.3, 0.4) is 0 Å². The maximum absolute atomic E-state index is 9.55. The molecule has 0 aliphatic heterocycles.